The fraction of sp³-hybridized carbons (Fsp3) is 0.476. The van der Waals surface area contributed by atoms with Crippen molar-refractivity contribution < 1.29 is 33.0 Å². The molecule has 0 radical (unpaired) electrons. The summed E-state index contributed by atoms with van der Waals surface area (Å²) in [5.74, 6) is 6.34. The number of imidazole rings is 2. The number of aromatic nitrogens is 4. The van der Waals surface area contributed by atoms with Crippen LogP contribution in [0.1, 0.15) is 99.5 Å². The first-order chi connectivity index (χ1) is 27.4. The molecule has 57 heavy (non-hydrogen) atoms. The predicted molar refractivity (Wildman–Crippen MR) is 209 cm³/mol. The van der Waals surface area contributed by atoms with Crippen LogP contribution in [0.2, 0.25) is 0 Å². The summed E-state index contributed by atoms with van der Waals surface area (Å²) in [6.45, 7) is 8.56. The van der Waals surface area contributed by atoms with Crippen LogP contribution in [-0.4, -0.2) is 93.1 Å². The molecule has 2 aliphatic heterocycles. The maximum absolute atomic E-state index is 15.5. The minimum absolute atomic E-state index is 0.124. The van der Waals surface area contributed by atoms with Crippen molar-refractivity contribution in [3.63, 3.8) is 0 Å². The van der Waals surface area contributed by atoms with Crippen LogP contribution in [0.4, 0.5) is 14.0 Å². The number of methoxy groups -OCH3 is 2. The molecule has 4 atom stereocenters. The fourth-order valence-corrected chi connectivity index (χ4v) is 8.21. The number of benzene rings is 2. The molecule has 1 aliphatic carbocycles. The molecular formula is C42H49FN8O6. The molecule has 0 saturated carbocycles. The van der Waals surface area contributed by atoms with Crippen LogP contribution < -0.4 is 10.6 Å². The lowest BCUT2D eigenvalue weighted by molar-refractivity contribution is -0.136. The highest BCUT2D eigenvalue weighted by Gasteiger charge is 2.39. The Morgan fingerprint density at radius 1 is 0.789 bits per heavy atom. The summed E-state index contributed by atoms with van der Waals surface area (Å²) < 4.78 is 25.0. The van der Waals surface area contributed by atoms with E-state index in [2.05, 4.69) is 37.4 Å². The number of likely N-dealkylation sites (tertiary alicyclic amines) is 2. The van der Waals surface area contributed by atoms with Gasteiger partial charge in [-0.3, -0.25) is 9.59 Å². The molecule has 2 aromatic heterocycles. The van der Waals surface area contributed by atoms with Gasteiger partial charge in [0.05, 0.1) is 37.5 Å². The summed E-state index contributed by atoms with van der Waals surface area (Å²) in [4.78, 5) is 71.1. The number of H-pyrrole nitrogens is 2. The Morgan fingerprint density at radius 2 is 1.37 bits per heavy atom. The van der Waals surface area contributed by atoms with Crippen molar-refractivity contribution in [3.8, 4) is 23.1 Å². The van der Waals surface area contributed by atoms with Gasteiger partial charge in [-0.1, -0.05) is 45.6 Å². The van der Waals surface area contributed by atoms with Gasteiger partial charge < -0.3 is 39.9 Å². The van der Waals surface area contributed by atoms with E-state index < -0.39 is 36.1 Å². The smallest absolute Gasteiger partial charge is 0.407 e. The second-order valence-corrected chi connectivity index (χ2v) is 15.6. The number of nitrogens with zero attached hydrogens (tertiary/aromatic N) is 4. The molecule has 0 bridgehead atoms. The Bertz CT molecular complexity index is 2270. The van der Waals surface area contributed by atoms with Crippen molar-refractivity contribution in [2.75, 3.05) is 27.3 Å². The fourth-order valence-electron chi connectivity index (χ4n) is 8.21. The third-order valence-electron chi connectivity index (χ3n) is 11.2. The number of carbonyl (C=O) groups excluding carboxylic acids is 4. The lowest BCUT2D eigenvalue weighted by Gasteiger charge is -2.30. The number of rotatable bonds is 8. The Morgan fingerprint density at radius 3 is 1.95 bits per heavy atom. The average molecular weight is 781 g/mol. The Balaban J connectivity index is 1.08. The number of hydrogen-bond donors (Lipinski definition) is 4. The van der Waals surface area contributed by atoms with Crippen LogP contribution >= 0.6 is 0 Å². The third-order valence-corrected chi connectivity index (χ3v) is 11.2. The molecular weight excluding hydrogens is 732 g/mol. The number of carbonyl (C=O) groups is 4. The van der Waals surface area contributed by atoms with Gasteiger partial charge in [0.25, 0.3) is 0 Å². The highest BCUT2D eigenvalue weighted by molar-refractivity contribution is 5.87. The number of amides is 4. The molecule has 2 fully saturated rings. The van der Waals surface area contributed by atoms with E-state index in [0.717, 1.165) is 66.0 Å². The topological polar surface area (TPSA) is 175 Å². The minimum atomic E-state index is -0.773. The molecule has 15 heteroatoms. The Kier molecular flexibility index (Phi) is 11.2. The number of halogens is 1. The van der Waals surface area contributed by atoms with E-state index in [1.54, 1.807) is 11.0 Å². The van der Waals surface area contributed by atoms with Gasteiger partial charge >= 0.3 is 12.2 Å². The number of nitrogens with one attached hydrogen (secondary N) is 4. The van der Waals surface area contributed by atoms with Gasteiger partial charge in [-0.25, -0.2) is 23.9 Å². The Labute approximate surface area is 330 Å². The zero-order chi connectivity index (χ0) is 40.5. The normalized spacial score (nSPS) is 18.5. The monoisotopic (exact) mass is 780 g/mol. The van der Waals surface area contributed by atoms with Gasteiger partial charge in [0.15, 0.2) is 5.82 Å². The number of aryl methyl sites for hydroxylation is 2. The maximum Gasteiger partial charge on any atom is 0.407 e. The molecule has 3 aliphatic rings. The SMILES string of the molecule is COC(=O)N[C@H](C(=O)N1CCC[C@H]1c1nc2c([nH]1)CCc1cc(C#Cc3cc(F)c4nc([C@@H]5CCCN5C(=O)[C@H](NC(=O)OC)C(C)C)[nH]c4c3)ccc1-2)C(C)C. The van der Waals surface area contributed by atoms with E-state index in [4.69, 9.17) is 14.5 Å². The third kappa shape index (κ3) is 7.90. The molecule has 4 N–H and O–H groups in total. The van der Waals surface area contributed by atoms with E-state index in [-0.39, 0.29) is 35.2 Å². The molecule has 4 aromatic rings. The molecule has 300 valence electrons. The average Bonchev–Trinajstić information content (AvgIpc) is 4.02. The first-order valence-corrected chi connectivity index (χ1v) is 19.6. The quantitative estimate of drug-likeness (QED) is 0.165. The van der Waals surface area contributed by atoms with Crippen molar-refractivity contribution in [3.05, 3.63) is 70.2 Å². The van der Waals surface area contributed by atoms with E-state index in [1.165, 1.54) is 20.3 Å². The zero-order valence-electron chi connectivity index (χ0n) is 33.1. The summed E-state index contributed by atoms with van der Waals surface area (Å²) in [6.07, 6.45) is 3.21. The van der Waals surface area contributed by atoms with Crippen LogP contribution in [0, 0.1) is 29.5 Å². The molecule has 7 rings (SSSR count). The number of fused-ring (bicyclic) bond motifs is 4. The first kappa shape index (κ1) is 39.3. The number of hydrogen-bond acceptors (Lipinski definition) is 8. The summed E-state index contributed by atoms with van der Waals surface area (Å²) in [5.41, 5.74) is 5.91. The van der Waals surface area contributed by atoms with Crippen LogP contribution in [0.5, 0.6) is 0 Å². The summed E-state index contributed by atoms with van der Waals surface area (Å²) >= 11 is 0. The van der Waals surface area contributed by atoms with Gasteiger partial charge in [0, 0.05) is 35.5 Å². The van der Waals surface area contributed by atoms with Gasteiger partial charge in [-0.2, -0.15) is 0 Å². The molecule has 4 amide bonds. The first-order valence-electron chi connectivity index (χ1n) is 19.6. The standard InChI is InChI=1S/C42H49FN8O6/c1-22(2)33(48-41(54)56-5)39(52)50-17-7-9-31(50)37-44-29-16-14-26-19-24(13-15-27(26)35(29)46-37)11-12-25-20-28(43)36-30(21-25)45-38(47-36)32-10-8-18-51(32)40(53)34(23(3)4)49-42(55)57-6/h13,15,19-23,31-34H,7-10,14,16-18H2,1-6H3,(H,44,46)(H,45,47)(H,48,54)(H,49,55)/t31-,32-,33-,34+/m0/s1. The van der Waals surface area contributed by atoms with E-state index in [0.29, 0.717) is 36.4 Å². The highest BCUT2D eigenvalue weighted by atomic mass is 19.1. The number of aromatic amines is 2. The highest BCUT2D eigenvalue weighted by Crippen LogP contribution is 2.38. The molecule has 0 spiro atoms. The van der Waals surface area contributed by atoms with E-state index in [1.807, 2.05) is 50.8 Å². The lowest BCUT2D eigenvalue weighted by atomic mass is 9.91. The van der Waals surface area contributed by atoms with Crippen LogP contribution in [0.15, 0.2) is 30.3 Å². The molecule has 2 saturated heterocycles. The molecule has 4 heterocycles. The van der Waals surface area contributed by atoms with Crippen molar-refractivity contribution in [1.82, 2.24) is 40.4 Å². The summed E-state index contributed by atoms with van der Waals surface area (Å²) in [6, 6.07) is 7.02. The maximum atomic E-state index is 15.5. The van der Waals surface area contributed by atoms with Crippen molar-refractivity contribution in [2.45, 2.75) is 90.4 Å². The summed E-state index contributed by atoms with van der Waals surface area (Å²) in [5, 5.41) is 5.35. The van der Waals surface area contributed by atoms with E-state index >= 15 is 4.39 Å². The second kappa shape index (κ2) is 16.3. The zero-order valence-corrected chi connectivity index (χ0v) is 33.1. The number of ether oxygens (including phenoxy) is 2. The second-order valence-electron chi connectivity index (χ2n) is 15.6. The van der Waals surface area contributed by atoms with Crippen molar-refractivity contribution in [2.24, 2.45) is 11.8 Å². The van der Waals surface area contributed by atoms with Crippen molar-refractivity contribution in [1.29, 1.82) is 0 Å². The van der Waals surface area contributed by atoms with Crippen LogP contribution in [0.3, 0.4) is 0 Å². The van der Waals surface area contributed by atoms with Gasteiger partial charge in [0.2, 0.25) is 11.8 Å². The predicted octanol–water partition coefficient (Wildman–Crippen LogP) is 5.68. The lowest BCUT2D eigenvalue weighted by Crippen LogP contribution is -2.51. The minimum Gasteiger partial charge on any atom is -0.453 e. The van der Waals surface area contributed by atoms with Gasteiger partial charge in [-0.05, 0) is 80.2 Å². The van der Waals surface area contributed by atoms with Crippen LogP contribution in [-0.2, 0) is 31.9 Å². The van der Waals surface area contributed by atoms with Crippen LogP contribution in [0.25, 0.3) is 22.3 Å². The largest absolute Gasteiger partial charge is 0.453 e. The van der Waals surface area contributed by atoms with Gasteiger partial charge in [0.1, 0.15) is 29.2 Å². The molecule has 2 aromatic carbocycles. The van der Waals surface area contributed by atoms with Gasteiger partial charge in [-0.15, -0.1) is 0 Å². The number of alkyl carbamates (subject to hydrolysis) is 2. The summed E-state index contributed by atoms with van der Waals surface area (Å²) in [7, 11) is 2.54. The Hall–Kier alpha value is -5.91. The van der Waals surface area contributed by atoms with Crippen molar-refractivity contribution >= 4 is 35.0 Å². The molecule has 0 unspecified atom stereocenters. The van der Waals surface area contributed by atoms with E-state index in [9.17, 15) is 19.2 Å². The molecule has 14 nitrogen and oxygen atoms in total.